The average Bonchev–Trinajstić information content (AvgIpc) is 3.64. The fourth-order valence-electron chi connectivity index (χ4n) is 7.89. The molecule has 4 heterocycles. The fourth-order valence-corrected chi connectivity index (χ4v) is 7.89. The monoisotopic (exact) mass is 738 g/mol. The first-order valence-corrected chi connectivity index (χ1v) is 19.9. The summed E-state index contributed by atoms with van der Waals surface area (Å²) in [6.45, 7) is 27.0. The summed E-state index contributed by atoms with van der Waals surface area (Å²) in [6, 6.07) is 38.4. The lowest BCUT2D eigenvalue weighted by Gasteiger charge is -2.19. The lowest BCUT2D eigenvalue weighted by atomic mass is 9.85. The summed E-state index contributed by atoms with van der Waals surface area (Å²) >= 11 is 0. The summed E-state index contributed by atoms with van der Waals surface area (Å²) in [4.78, 5) is 24.5. The highest BCUT2D eigenvalue weighted by molar-refractivity contribution is 6.11. The van der Waals surface area contributed by atoms with Crippen molar-refractivity contribution in [3.8, 4) is 11.6 Å². The van der Waals surface area contributed by atoms with Crippen molar-refractivity contribution in [2.45, 2.75) is 105 Å². The van der Waals surface area contributed by atoms with Gasteiger partial charge in [-0.1, -0.05) is 119 Å². The normalized spacial score (nSPS) is 13.1. The molecular formula is C51H54N4O. The van der Waals surface area contributed by atoms with Crippen LogP contribution in [0.15, 0.2) is 109 Å². The smallest absolute Gasteiger partial charge is 0.229 e. The molecule has 0 amide bonds. The number of rotatable bonds is 4. The number of pyridine rings is 2. The van der Waals surface area contributed by atoms with E-state index in [1.54, 1.807) is 12.1 Å². The Morgan fingerprint density at radius 1 is 0.393 bits per heavy atom. The maximum atomic E-state index is 14.4. The molecule has 0 unspecified atom stereocenters. The van der Waals surface area contributed by atoms with Gasteiger partial charge in [0.25, 0.3) is 0 Å². The molecular weight excluding hydrogens is 685 g/mol. The topological polar surface area (TPSA) is 52.7 Å². The Balaban J connectivity index is 1.25. The highest BCUT2D eigenvalue weighted by atomic mass is 16.1. The molecule has 0 aliphatic carbocycles. The van der Waals surface area contributed by atoms with Crippen molar-refractivity contribution in [1.29, 1.82) is 0 Å². The van der Waals surface area contributed by atoms with E-state index in [0.717, 1.165) is 22.1 Å². The van der Waals surface area contributed by atoms with E-state index in [1.165, 1.54) is 43.8 Å². The molecule has 0 bridgehead atoms. The molecule has 4 aromatic heterocycles. The molecule has 8 rings (SSSR count). The van der Waals surface area contributed by atoms with E-state index < -0.39 is 0 Å². The highest BCUT2D eigenvalue weighted by Crippen LogP contribution is 2.39. The van der Waals surface area contributed by atoms with Crippen LogP contribution in [-0.4, -0.2) is 24.9 Å². The summed E-state index contributed by atoms with van der Waals surface area (Å²) in [5.74, 6) is 1.18. The Morgan fingerprint density at radius 3 is 0.911 bits per heavy atom. The molecule has 284 valence electrons. The standard InChI is InChI=1S/C51H54N4O/c1-48(2,3)31-19-23-41-35(27-31)36-28-32(49(4,5)6)20-24-42(36)54(41)45-17-13-15-39(52-45)47(56)40-16-14-18-46(53-40)55-43-25-21-33(50(7,8)9)29-37(43)38-30-34(51(10,11)12)22-26-44(38)55/h13-30H,1-12H3. The predicted molar refractivity (Wildman–Crippen MR) is 235 cm³/mol. The van der Waals surface area contributed by atoms with Gasteiger partial charge in [-0.05, 0) is 117 Å². The van der Waals surface area contributed by atoms with Crippen LogP contribution >= 0.6 is 0 Å². The van der Waals surface area contributed by atoms with Crippen LogP contribution in [0, 0.1) is 0 Å². The maximum Gasteiger partial charge on any atom is 0.229 e. The van der Waals surface area contributed by atoms with Gasteiger partial charge in [0.1, 0.15) is 23.0 Å². The van der Waals surface area contributed by atoms with Crippen LogP contribution < -0.4 is 0 Å². The molecule has 56 heavy (non-hydrogen) atoms. The van der Waals surface area contributed by atoms with Crippen molar-refractivity contribution in [2.24, 2.45) is 0 Å². The van der Waals surface area contributed by atoms with Gasteiger partial charge in [0.15, 0.2) is 0 Å². The minimum atomic E-state index is -0.217. The molecule has 8 aromatic rings. The van der Waals surface area contributed by atoms with Gasteiger partial charge in [-0.15, -0.1) is 0 Å². The summed E-state index contributed by atoms with van der Waals surface area (Å²) in [5.41, 5.74) is 10.1. The van der Waals surface area contributed by atoms with Gasteiger partial charge < -0.3 is 0 Å². The largest absolute Gasteiger partial charge is 0.294 e. The second kappa shape index (κ2) is 12.7. The lowest BCUT2D eigenvalue weighted by Crippen LogP contribution is -2.11. The van der Waals surface area contributed by atoms with Crippen molar-refractivity contribution < 1.29 is 4.79 Å². The van der Waals surface area contributed by atoms with Crippen molar-refractivity contribution in [3.05, 3.63) is 143 Å². The van der Waals surface area contributed by atoms with E-state index in [-0.39, 0.29) is 27.4 Å². The first kappa shape index (κ1) is 37.4. The Labute approximate surface area is 331 Å². The summed E-state index contributed by atoms with van der Waals surface area (Å²) in [5, 5.41) is 4.73. The van der Waals surface area contributed by atoms with Crippen molar-refractivity contribution in [3.63, 3.8) is 0 Å². The van der Waals surface area contributed by atoms with Crippen LogP contribution in [0.4, 0.5) is 0 Å². The van der Waals surface area contributed by atoms with Crippen LogP contribution in [0.3, 0.4) is 0 Å². The third-order valence-corrected chi connectivity index (χ3v) is 11.4. The quantitative estimate of drug-likeness (QED) is 0.169. The predicted octanol–water partition coefficient (Wildman–Crippen LogP) is 13.1. The van der Waals surface area contributed by atoms with Crippen molar-refractivity contribution in [2.75, 3.05) is 0 Å². The van der Waals surface area contributed by atoms with Gasteiger partial charge >= 0.3 is 0 Å². The van der Waals surface area contributed by atoms with E-state index in [0.29, 0.717) is 23.0 Å². The van der Waals surface area contributed by atoms with Gasteiger partial charge in [-0.2, -0.15) is 0 Å². The van der Waals surface area contributed by atoms with Crippen LogP contribution in [0.1, 0.15) is 122 Å². The molecule has 5 nitrogen and oxygen atoms in total. The first-order valence-electron chi connectivity index (χ1n) is 19.9. The third kappa shape index (κ3) is 6.41. The molecule has 0 aliphatic heterocycles. The third-order valence-electron chi connectivity index (χ3n) is 11.4. The molecule has 0 aliphatic rings. The Morgan fingerprint density at radius 2 is 0.661 bits per heavy atom. The van der Waals surface area contributed by atoms with Crippen LogP contribution in [0.25, 0.3) is 55.2 Å². The number of ketones is 1. The van der Waals surface area contributed by atoms with Gasteiger partial charge in [0.2, 0.25) is 5.78 Å². The van der Waals surface area contributed by atoms with E-state index in [2.05, 4.69) is 165 Å². The number of fused-ring (bicyclic) bond motifs is 6. The molecule has 0 fully saturated rings. The van der Waals surface area contributed by atoms with Crippen LogP contribution in [0.5, 0.6) is 0 Å². The Hall–Kier alpha value is -5.55. The maximum absolute atomic E-state index is 14.4. The van der Waals surface area contributed by atoms with Crippen molar-refractivity contribution in [1.82, 2.24) is 19.1 Å². The van der Waals surface area contributed by atoms with Crippen LogP contribution in [0.2, 0.25) is 0 Å². The first-order chi connectivity index (χ1) is 26.2. The van der Waals surface area contributed by atoms with Gasteiger partial charge in [-0.25, -0.2) is 9.97 Å². The minimum Gasteiger partial charge on any atom is -0.294 e. The fraction of sp³-hybridized carbons (Fsp3) is 0.314. The van der Waals surface area contributed by atoms with E-state index in [9.17, 15) is 4.79 Å². The number of hydrogen-bond donors (Lipinski definition) is 0. The molecule has 5 heteroatoms. The Bertz CT molecular complexity index is 2520. The van der Waals surface area contributed by atoms with Gasteiger partial charge in [0, 0.05) is 21.5 Å². The number of nitrogens with zero attached hydrogens (tertiary/aromatic N) is 4. The zero-order chi connectivity index (χ0) is 40.1. The average molecular weight is 739 g/mol. The molecule has 0 saturated carbocycles. The molecule has 4 aromatic carbocycles. The van der Waals surface area contributed by atoms with Gasteiger partial charge in [0.05, 0.1) is 22.1 Å². The zero-order valence-corrected chi connectivity index (χ0v) is 35.1. The number of aromatic nitrogens is 4. The number of carbonyl (C=O) groups is 1. The number of benzene rings is 4. The van der Waals surface area contributed by atoms with E-state index >= 15 is 0 Å². The lowest BCUT2D eigenvalue weighted by molar-refractivity contribution is 0.102. The molecule has 0 saturated heterocycles. The SMILES string of the molecule is CC(C)(C)c1ccc2c(c1)c1cc(C(C)(C)C)ccc1n2-c1cccc(C(=O)c2cccc(-n3c4ccc(C(C)(C)C)cc4c4cc(C(C)(C)C)ccc43)n2)n1. The summed E-state index contributed by atoms with van der Waals surface area (Å²) < 4.78 is 4.39. The second-order valence-corrected chi connectivity index (χ2v) is 19.7. The van der Waals surface area contributed by atoms with E-state index in [4.69, 9.17) is 9.97 Å². The van der Waals surface area contributed by atoms with Crippen molar-refractivity contribution >= 4 is 49.4 Å². The number of hydrogen-bond acceptors (Lipinski definition) is 3. The molecule has 0 atom stereocenters. The molecule has 0 spiro atoms. The molecule has 0 N–H and O–H groups in total. The second-order valence-electron chi connectivity index (χ2n) is 19.7. The summed E-state index contributed by atoms with van der Waals surface area (Å²) in [6.07, 6.45) is 0. The highest BCUT2D eigenvalue weighted by Gasteiger charge is 2.24. The van der Waals surface area contributed by atoms with Crippen LogP contribution in [-0.2, 0) is 21.7 Å². The summed E-state index contributed by atoms with van der Waals surface area (Å²) in [7, 11) is 0. The van der Waals surface area contributed by atoms with E-state index in [1.807, 2.05) is 24.3 Å². The molecule has 0 radical (unpaired) electrons. The Kier molecular flexibility index (Phi) is 8.50. The zero-order valence-electron chi connectivity index (χ0n) is 35.1. The van der Waals surface area contributed by atoms with Gasteiger partial charge in [-0.3, -0.25) is 13.9 Å². The number of carbonyl (C=O) groups excluding carboxylic acids is 1. The minimum absolute atomic E-state index is 0.000331.